The van der Waals surface area contributed by atoms with E-state index in [1.54, 1.807) is 7.11 Å². The van der Waals surface area contributed by atoms with Gasteiger partial charge >= 0.3 is 0 Å². The topological polar surface area (TPSA) is 64.1 Å². The van der Waals surface area contributed by atoms with Crippen LogP contribution in [0.1, 0.15) is 37.3 Å². The summed E-state index contributed by atoms with van der Waals surface area (Å²) in [5.41, 5.74) is 2.46. The summed E-state index contributed by atoms with van der Waals surface area (Å²) < 4.78 is 16.7. The zero-order valence-electron chi connectivity index (χ0n) is 17.1. The second-order valence-corrected chi connectivity index (χ2v) is 6.82. The van der Waals surface area contributed by atoms with E-state index in [1.165, 1.54) is 11.1 Å². The van der Waals surface area contributed by atoms with Gasteiger partial charge in [-0.25, -0.2) is 0 Å². The van der Waals surface area contributed by atoms with Gasteiger partial charge in [0, 0.05) is 32.8 Å². The molecule has 0 amide bonds. The minimum Gasteiger partial charge on any atom is -0.496 e. The molecular formula is C21H35N3O3. The average molecular weight is 378 g/mol. The Morgan fingerprint density at radius 2 is 2.22 bits per heavy atom. The normalized spacial score (nSPS) is 17.1. The third kappa shape index (κ3) is 8.18. The molecule has 0 spiro atoms. The number of aliphatic imine (C=N–C) groups is 1. The van der Waals surface area contributed by atoms with Gasteiger partial charge in [0.05, 0.1) is 19.8 Å². The van der Waals surface area contributed by atoms with E-state index in [4.69, 9.17) is 14.2 Å². The second kappa shape index (κ2) is 12.6. The van der Waals surface area contributed by atoms with Crippen molar-refractivity contribution in [2.75, 3.05) is 46.6 Å². The van der Waals surface area contributed by atoms with Crippen LogP contribution in [-0.2, 0) is 15.9 Å². The van der Waals surface area contributed by atoms with Crippen molar-refractivity contribution in [3.05, 3.63) is 29.3 Å². The van der Waals surface area contributed by atoms with Crippen LogP contribution in [0.15, 0.2) is 23.2 Å². The predicted molar refractivity (Wildman–Crippen MR) is 110 cm³/mol. The van der Waals surface area contributed by atoms with E-state index < -0.39 is 0 Å². The molecule has 1 aliphatic rings. The molecule has 1 heterocycles. The Morgan fingerprint density at radius 1 is 1.33 bits per heavy atom. The van der Waals surface area contributed by atoms with Crippen LogP contribution in [0.2, 0.25) is 0 Å². The number of ether oxygens (including phenoxy) is 3. The molecule has 1 fully saturated rings. The molecule has 1 saturated heterocycles. The number of rotatable bonds is 11. The zero-order chi connectivity index (χ0) is 19.3. The number of nitrogens with one attached hydrogen (secondary N) is 2. The highest BCUT2D eigenvalue weighted by molar-refractivity contribution is 5.79. The average Bonchev–Trinajstić information content (AvgIpc) is 3.18. The number of guanidine groups is 1. The first-order valence-electron chi connectivity index (χ1n) is 10.1. The van der Waals surface area contributed by atoms with Crippen molar-refractivity contribution >= 4 is 5.96 Å². The molecule has 6 heteroatoms. The zero-order valence-corrected chi connectivity index (χ0v) is 17.1. The van der Waals surface area contributed by atoms with Crippen molar-refractivity contribution in [2.24, 2.45) is 4.99 Å². The summed E-state index contributed by atoms with van der Waals surface area (Å²) in [6, 6.07) is 6.28. The lowest BCUT2D eigenvalue weighted by Gasteiger charge is -2.13. The molecule has 6 nitrogen and oxygen atoms in total. The standard InChI is InChI=1S/C21H35N3O3/c1-4-22-21(23-11-6-13-26-16-19-7-5-14-27-19)24-12-10-18-15-17(2)8-9-20(18)25-3/h8-9,15,19H,4-7,10-14,16H2,1-3H3,(H2,22,23,24). The molecule has 0 bridgehead atoms. The lowest BCUT2D eigenvalue weighted by Crippen LogP contribution is -2.38. The number of hydrogen-bond donors (Lipinski definition) is 2. The van der Waals surface area contributed by atoms with Gasteiger partial charge < -0.3 is 24.8 Å². The van der Waals surface area contributed by atoms with Crippen molar-refractivity contribution in [2.45, 2.75) is 45.6 Å². The maximum absolute atomic E-state index is 5.69. The Hall–Kier alpha value is -1.79. The fraction of sp³-hybridized carbons (Fsp3) is 0.667. The molecule has 1 unspecified atom stereocenters. The fourth-order valence-electron chi connectivity index (χ4n) is 3.11. The number of methoxy groups -OCH3 is 1. The first-order valence-corrected chi connectivity index (χ1v) is 10.1. The molecule has 0 saturated carbocycles. The van der Waals surface area contributed by atoms with E-state index in [0.29, 0.717) is 12.7 Å². The smallest absolute Gasteiger partial charge is 0.191 e. The molecule has 27 heavy (non-hydrogen) atoms. The monoisotopic (exact) mass is 377 g/mol. The van der Waals surface area contributed by atoms with Gasteiger partial charge in [-0.05, 0) is 51.2 Å². The lowest BCUT2D eigenvalue weighted by molar-refractivity contribution is 0.0171. The molecule has 0 radical (unpaired) electrons. The largest absolute Gasteiger partial charge is 0.496 e. The van der Waals surface area contributed by atoms with Crippen LogP contribution >= 0.6 is 0 Å². The Kier molecular flexibility index (Phi) is 10.0. The second-order valence-electron chi connectivity index (χ2n) is 6.82. The SMILES string of the molecule is CCNC(=NCCCOCC1CCCO1)NCCc1cc(C)ccc1OC. The highest BCUT2D eigenvalue weighted by atomic mass is 16.5. The fourth-order valence-corrected chi connectivity index (χ4v) is 3.11. The van der Waals surface area contributed by atoms with Gasteiger partial charge in [-0.15, -0.1) is 0 Å². The number of aryl methyl sites for hydroxylation is 1. The predicted octanol–water partition coefficient (Wildman–Crippen LogP) is 2.69. The molecule has 1 aliphatic heterocycles. The number of benzene rings is 1. The van der Waals surface area contributed by atoms with Crippen LogP contribution in [0.5, 0.6) is 5.75 Å². The van der Waals surface area contributed by atoms with Crippen molar-refractivity contribution in [3.8, 4) is 5.75 Å². The van der Waals surface area contributed by atoms with Crippen molar-refractivity contribution in [1.82, 2.24) is 10.6 Å². The Morgan fingerprint density at radius 3 is 2.96 bits per heavy atom. The summed E-state index contributed by atoms with van der Waals surface area (Å²) in [6.07, 6.45) is 4.38. The highest BCUT2D eigenvalue weighted by Gasteiger charge is 2.14. The Balaban J connectivity index is 1.67. The van der Waals surface area contributed by atoms with Gasteiger partial charge in [0.2, 0.25) is 0 Å². The molecular weight excluding hydrogens is 342 g/mol. The third-order valence-corrected chi connectivity index (χ3v) is 4.51. The Bertz CT molecular complexity index is 572. The summed E-state index contributed by atoms with van der Waals surface area (Å²) in [7, 11) is 1.72. The van der Waals surface area contributed by atoms with E-state index in [0.717, 1.165) is 70.2 Å². The van der Waals surface area contributed by atoms with Crippen LogP contribution in [0, 0.1) is 6.92 Å². The number of nitrogens with zero attached hydrogens (tertiary/aromatic N) is 1. The van der Waals surface area contributed by atoms with E-state index in [2.05, 4.69) is 41.6 Å². The van der Waals surface area contributed by atoms with E-state index in [9.17, 15) is 0 Å². The van der Waals surface area contributed by atoms with Crippen LogP contribution in [0.3, 0.4) is 0 Å². The molecule has 1 aromatic rings. The van der Waals surface area contributed by atoms with Crippen molar-refractivity contribution in [1.29, 1.82) is 0 Å². The first-order chi connectivity index (χ1) is 13.2. The minimum absolute atomic E-state index is 0.297. The molecule has 1 atom stereocenters. The quantitative estimate of drug-likeness (QED) is 0.353. The van der Waals surface area contributed by atoms with Gasteiger partial charge in [0.25, 0.3) is 0 Å². The van der Waals surface area contributed by atoms with Gasteiger partial charge in [-0.1, -0.05) is 17.7 Å². The van der Waals surface area contributed by atoms with Crippen molar-refractivity contribution < 1.29 is 14.2 Å². The molecule has 2 rings (SSSR count). The molecule has 152 valence electrons. The van der Waals surface area contributed by atoms with E-state index in [-0.39, 0.29) is 0 Å². The maximum atomic E-state index is 5.69. The maximum Gasteiger partial charge on any atom is 0.191 e. The Labute approximate surface area is 163 Å². The molecule has 0 aromatic heterocycles. The molecule has 0 aliphatic carbocycles. The van der Waals surface area contributed by atoms with Crippen LogP contribution in [0.4, 0.5) is 0 Å². The summed E-state index contributed by atoms with van der Waals surface area (Å²) in [5.74, 6) is 1.79. The van der Waals surface area contributed by atoms with Gasteiger partial charge in [-0.3, -0.25) is 4.99 Å². The van der Waals surface area contributed by atoms with E-state index in [1.807, 2.05) is 6.07 Å². The lowest BCUT2D eigenvalue weighted by atomic mass is 10.1. The summed E-state index contributed by atoms with van der Waals surface area (Å²) in [5, 5.41) is 6.69. The summed E-state index contributed by atoms with van der Waals surface area (Å²) in [6.45, 7) is 8.88. The van der Waals surface area contributed by atoms with Crippen LogP contribution in [-0.4, -0.2) is 58.6 Å². The van der Waals surface area contributed by atoms with Gasteiger partial charge in [-0.2, -0.15) is 0 Å². The highest BCUT2D eigenvalue weighted by Crippen LogP contribution is 2.19. The van der Waals surface area contributed by atoms with Crippen LogP contribution in [0.25, 0.3) is 0 Å². The third-order valence-electron chi connectivity index (χ3n) is 4.51. The minimum atomic E-state index is 0.297. The summed E-state index contributed by atoms with van der Waals surface area (Å²) >= 11 is 0. The molecule has 2 N–H and O–H groups in total. The molecule has 1 aromatic carbocycles. The van der Waals surface area contributed by atoms with E-state index >= 15 is 0 Å². The summed E-state index contributed by atoms with van der Waals surface area (Å²) in [4.78, 5) is 4.63. The van der Waals surface area contributed by atoms with Crippen molar-refractivity contribution in [3.63, 3.8) is 0 Å². The number of hydrogen-bond acceptors (Lipinski definition) is 4. The van der Waals surface area contributed by atoms with Gasteiger partial charge in [0.1, 0.15) is 5.75 Å². The first kappa shape index (κ1) is 21.5. The van der Waals surface area contributed by atoms with Crippen LogP contribution < -0.4 is 15.4 Å². The van der Waals surface area contributed by atoms with Gasteiger partial charge in [0.15, 0.2) is 5.96 Å².